The van der Waals surface area contributed by atoms with E-state index < -0.39 is 5.97 Å². The molecule has 0 aromatic carbocycles. The predicted octanol–water partition coefficient (Wildman–Crippen LogP) is 1.02. The van der Waals surface area contributed by atoms with E-state index >= 15 is 0 Å². The molecule has 3 N–H and O–H groups in total. The van der Waals surface area contributed by atoms with E-state index in [2.05, 4.69) is 19.2 Å². The molecule has 0 spiro atoms. The molecule has 0 atom stereocenters. The SMILES string of the molecule is CC(=CCNCC(C)(C)CCO)C(=O)O. The number of rotatable bonds is 7. The first-order chi connectivity index (χ1) is 6.89. The van der Waals surface area contributed by atoms with Crippen LogP contribution < -0.4 is 5.32 Å². The Labute approximate surface area is 91.0 Å². The number of carboxylic acid groups (broad SMARTS) is 1. The van der Waals surface area contributed by atoms with Crippen LogP contribution in [0.1, 0.15) is 27.2 Å². The van der Waals surface area contributed by atoms with E-state index in [1.807, 2.05) is 0 Å². The van der Waals surface area contributed by atoms with Gasteiger partial charge >= 0.3 is 5.97 Å². The van der Waals surface area contributed by atoms with Crippen LogP contribution in [0.5, 0.6) is 0 Å². The molecule has 4 heteroatoms. The zero-order valence-corrected chi connectivity index (χ0v) is 9.71. The third-order valence-corrected chi connectivity index (χ3v) is 2.28. The van der Waals surface area contributed by atoms with Crippen LogP contribution in [0, 0.1) is 5.41 Å². The average molecular weight is 215 g/mol. The van der Waals surface area contributed by atoms with Crippen LogP contribution in [-0.4, -0.2) is 35.9 Å². The van der Waals surface area contributed by atoms with E-state index in [1.54, 1.807) is 13.0 Å². The molecule has 0 heterocycles. The van der Waals surface area contributed by atoms with Crippen LogP contribution in [0.3, 0.4) is 0 Å². The molecule has 0 aliphatic carbocycles. The Bertz CT molecular complexity index is 234. The Kier molecular flexibility index (Phi) is 6.20. The average Bonchev–Trinajstić information content (AvgIpc) is 2.11. The summed E-state index contributed by atoms with van der Waals surface area (Å²) < 4.78 is 0. The van der Waals surface area contributed by atoms with Gasteiger partial charge in [0.2, 0.25) is 0 Å². The zero-order valence-electron chi connectivity index (χ0n) is 9.71. The van der Waals surface area contributed by atoms with Gasteiger partial charge in [-0.15, -0.1) is 0 Å². The highest BCUT2D eigenvalue weighted by Crippen LogP contribution is 2.17. The molecule has 0 saturated heterocycles. The van der Waals surface area contributed by atoms with Gasteiger partial charge in [0, 0.05) is 25.3 Å². The molecule has 0 aliphatic rings. The molecule has 15 heavy (non-hydrogen) atoms. The van der Waals surface area contributed by atoms with E-state index in [9.17, 15) is 4.79 Å². The molecule has 0 aromatic heterocycles. The quantitative estimate of drug-likeness (QED) is 0.438. The summed E-state index contributed by atoms with van der Waals surface area (Å²) in [5.74, 6) is -0.883. The lowest BCUT2D eigenvalue weighted by Gasteiger charge is -2.23. The highest BCUT2D eigenvalue weighted by atomic mass is 16.4. The molecular weight excluding hydrogens is 194 g/mol. The van der Waals surface area contributed by atoms with E-state index in [1.165, 1.54) is 0 Å². The fourth-order valence-electron chi connectivity index (χ4n) is 1.11. The fourth-order valence-corrected chi connectivity index (χ4v) is 1.11. The molecule has 88 valence electrons. The van der Waals surface area contributed by atoms with Gasteiger partial charge < -0.3 is 15.5 Å². The topological polar surface area (TPSA) is 69.6 Å². The molecule has 0 unspecified atom stereocenters. The summed E-state index contributed by atoms with van der Waals surface area (Å²) in [6.45, 7) is 7.18. The maximum atomic E-state index is 10.5. The number of aliphatic carboxylic acids is 1. The zero-order chi connectivity index (χ0) is 11.9. The second kappa shape index (κ2) is 6.58. The minimum atomic E-state index is -0.883. The Morgan fingerprint density at radius 3 is 2.53 bits per heavy atom. The normalized spacial score (nSPS) is 12.9. The summed E-state index contributed by atoms with van der Waals surface area (Å²) in [5, 5.41) is 20.5. The Morgan fingerprint density at radius 2 is 2.07 bits per heavy atom. The first kappa shape index (κ1) is 14.1. The van der Waals surface area contributed by atoms with Crippen molar-refractivity contribution in [1.82, 2.24) is 5.32 Å². The van der Waals surface area contributed by atoms with Crippen molar-refractivity contribution < 1.29 is 15.0 Å². The lowest BCUT2D eigenvalue weighted by Crippen LogP contribution is -2.30. The highest BCUT2D eigenvalue weighted by Gasteiger charge is 2.15. The summed E-state index contributed by atoms with van der Waals surface area (Å²) >= 11 is 0. The summed E-state index contributed by atoms with van der Waals surface area (Å²) in [5.41, 5.74) is 0.391. The molecule has 0 fully saturated rings. The van der Waals surface area contributed by atoms with Crippen molar-refractivity contribution in [2.24, 2.45) is 5.41 Å². The molecule has 0 aliphatic heterocycles. The molecule has 0 radical (unpaired) electrons. The number of nitrogens with one attached hydrogen (secondary N) is 1. The van der Waals surface area contributed by atoms with Gasteiger partial charge in [0.25, 0.3) is 0 Å². The summed E-state index contributed by atoms with van der Waals surface area (Å²) in [4.78, 5) is 10.5. The van der Waals surface area contributed by atoms with Crippen molar-refractivity contribution in [3.63, 3.8) is 0 Å². The molecular formula is C11H21NO3. The number of hydrogen-bond acceptors (Lipinski definition) is 3. The van der Waals surface area contributed by atoms with Crippen molar-refractivity contribution in [3.8, 4) is 0 Å². The molecule has 0 bridgehead atoms. The van der Waals surface area contributed by atoms with Crippen LogP contribution in [0.4, 0.5) is 0 Å². The fraction of sp³-hybridized carbons (Fsp3) is 0.727. The standard InChI is InChI=1S/C11H21NO3/c1-9(10(14)15)4-6-12-8-11(2,3)5-7-13/h4,12-13H,5-8H2,1-3H3,(H,14,15). The van der Waals surface area contributed by atoms with Gasteiger partial charge in [0.05, 0.1) is 0 Å². The van der Waals surface area contributed by atoms with Gasteiger partial charge in [-0.3, -0.25) is 0 Å². The van der Waals surface area contributed by atoms with E-state index in [4.69, 9.17) is 10.2 Å². The maximum absolute atomic E-state index is 10.5. The first-order valence-electron chi connectivity index (χ1n) is 5.11. The Morgan fingerprint density at radius 1 is 1.47 bits per heavy atom. The molecule has 0 amide bonds. The van der Waals surface area contributed by atoms with Crippen molar-refractivity contribution in [1.29, 1.82) is 0 Å². The highest BCUT2D eigenvalue weighted by molar-refractivity contribution is 5.85. The molecule has 4 nitrogen and oxygen atoms in total. The number of aliphatic hydroxyl groups is 1. The van der Waals surface area contributed by atoms with Crippen LogP contribution in [0.25, 0.3) is 0 Å². The van der Waals surface area contributed by atoms with Gasteiger partial charge in [-0.05, 0) is 18.8 Å². The van der Waals surface area contributed by atoms with Gasteiger partial charge in [-0.25, -0.2) is 4.79 Å². The van der Waals surface area contributed by atoms with Crippen molar-refractivity contribution in [3.05, 3.63) is 11.6 Å². The largest absolute Gasteiger partial charge is 0.478 e. The first-order valence-corrected chi connectivity index (χ1v) is 5.11. The summed E-state index contributed by atoms with van der Waals surface area (Å²) in [7, 11) is 0. The molecule has 0 aromatic rings. The Hall–Kier alpha value is -0.870. The molecule has 0 rings (SSSR count). The third kappa shape index (κ3) is 7.11. The van der Waals surface area contributed by atoms with Gasteiger partial charge in [-0.1, -0.05) is 19.9 Å². The van der Waals surface area contributed by atoms with Crippen LogP contribution >= 0.6 is 0 Å². The predicted molar refractivity (Wildman–Crippen MR) is 59.7 cm³/mol. The monoisotopic (exact) mass is 215 g/mol. The minimum Gasteiger partial charge on any atom is -0.478 e. The van der Waals surface area contributed by atoms with E-state index in [-0.39, 0.29) is 12.0 Å². The lowest BCUT2D eigenvalue weighted by atomic mass is 9.90. The number of carbonyl (C=O) groups is 1. The van der Waals surface area contributed by atoms with E-state index in [0.717, 1.165) is 13.0 Å². The third-order valence-electron chi connectivity index (χ3n) is 2.28. The second-order valence-electron chi connectivity index (χ2n) is 4.46. The minimum absolute atomic E-state index is 0.0414. The van der Waals surface area contributed by atoms with Gasteiger partial charge in [0.1, 0.15) is 0 Å². The van der Waals surface area contributed by atoms with Gasteiger partial charge in [0.15, 0.2) is 0 Å². The van der Waals surface area contributed by atoms with Crippen LogP contribution in [0.15, 0.2) is 11.6 Å². The number of aliphatic hydroxyl groups excluding tert-OH is 1. The van der Waals surface area contributed by atoms with Gasteiger partial charge in [-0.2, -0.15) is 0 Å². The number of carboxylic acids is 1. The van der Waals surface area contributed by atoms with Crippen molar-refractivity contribution >= 4 is 5.97 Å². The van der Waals surface area contributed by atoms with Crippen LogP contribution in [-0.2, 0) is 4.79 Å². The summed E-state index contributed by atoms with van der Waals surface area (Å²) in [6.07, 6.45) is 2.39. The molecule has 0 saturated carbocycles. The number of hydrogen-bond donors (Lipinski definition) is 3. The maximum Gasteiger partial charge on any atom is 0.330 e. The van der Waals surface area contributed by atoms with E-state index in [0.29, 0.717) is 12.1 Å². The van der Waals surface area contributed by atoms with Crippen molar-refractivity contribution in [2.45, 2.75) is 27.2 Å². The van der Waals surface area contributed by atoms with Crippen molar-refractivity contribution in [2.75, 3.05) is 19.7 Å². The summed E-state index contributed by atoms with van der Waals surface area (Å²) in [6, 6.07) is 0. The smallest absolute Gasteiger partial charge is 0.330 e. The Balaban J connectivity index is 3.80. The second-order valence-corrected chi connectivity index (χ2v) is 4.46. The lowest BCUT2D eigenvalue weighted by molar-refractivity contribution is -0.132. The van der Waals surface area contributed by atoms with Crippen LogP contribution in [0.2, 0.25) is 0 Å².